The van der Waals surface area contributed by atoms with Crippen molar-refractivity contribution in [3.05, 3.63) is 136 Å². The average Bonchev–Trinajstić information content (AvgIpc) is 3.01. The van der Waals surface area contributed by atoms with E-state index in [0.717, 1.165) is 11.1 Å². The smallest absolute Gasteiger partial charge is 0.425 e. The molecular weight excluding hydrogens is 631 g/mol. The number of benzene rings is 4. The Morgan fingerprint density at radius 1 is 0.881 bits per heavy atom. The minimum atomic E-state index is -4.80. The summed E-state index contributed by atoms with van der Waals surface area (Å²) < 4.78 is 56.2. The first-order valence-corrected chi connectivity index (χ1v) is 14.5. The van der Waals surface area contributed by atoms with Crippen molar-refractivity contribution in [2.45, 2.75) is 23.5 Å². The SMILES string of the molecule is COC(=O)c1cc(OCCCN(CC(c2ccccc2)c2ccccc2)C(Cl)(c2ccccc2)C(F)(F)F)ccc1Br. The van der Waals surface area contributed by atoms with E-state index in [9.17, 15) is 4.79 Å². The molecule has 1 atom stereocenters. The molecule has 0 aromatic heterocycles. The third-order valence-electron chi connectivity index (χ3n) is 6.96. The van der Waals surface area contributed by atoms with Gasteiger partial charge in [0, 0.05) is 23.5 Å². The van der Waals surface area contributed by atoms with Crippen LogP contribution in [0.1, 0.15) is 39.4 Å². The van der Waals surface area contributed by atoms with E-state index in [1.807, 2.05) is 60.7 Å². The van der Waals surface area contributed by atoms with Crippen LogP contribution in [-0.4, -0.2) is 43.9 Å². The number of ether oxygens (including phenoxy) is 2. The van der Waals surface area contributed by atoms with Gasteiger partial charge in [-0.2, -0.15) is 13.2 Å². The van der Waals surface area contributed by atoms with Crippen molar-refractivity contribution in [3.63, 3.8) is 0 Å². The van der Waals surface area contributed by atoms with Crippen LogP contribution in [-0.2, 0) is 9.73 Å². The maximum Gasteiger partial charge on any atom is 0.425 e. The Balaban J connectivity index is 1.65. The minimum absolute atomic E-state index is 0.00327. The molecule has 4 nitrogen and oxygen atoms in total. The van der Waals surface area contributed by atoms with Crippen molar-refractivity contribution >= 4 is 33.5 Å². The summed E-state index contributed by atoms with van der Waals surface area (Å²) in [7, 11) is 1.28. The van der Waals surface area contributed by atoms with E-state index in [2.05, 4.69) is 15.9 Å². The highest BCUT2D eigenvalue weighted by molar-refractivity contribution is 9.10. The molecule has 4 aromatic rings. The van der Waals surface area contributed by atoms with E-state index in [0.29, 0.717) is 10.2 Å². The second-order valence-electron chi connectivity index (χ2n) is 9.64. The first-order chi connectivity index (χ1) is 20.1. The Bertz CT molecular complexity index is 1400. The molecule has 4 aromatic carbocycles. The van der Waals surface area contributed by atoms with Crippen LogP contribution in [0.25, 0.3) is 0 Å². The number of carbonyl (C=O) groups excluding carboxylic acids is 1. The van der Waals surface area contributed by atoms with Crippen LogP contribution in [0.5, 0.6) is 5.75 Å². The van der Waals surface area contributed by atoms with E-state index in [1.54, 1.807) is 30.3 Å². The largest absolute Gasteiger partial charge is 0.494 e. The molecule has 9 heteroatoms. The molecule has 0 aliphatic carbocycles. The van der Waals surface area contributed by atoms with Gasteiger partial charge in [-0.1, -0.05) is 103 Å². The van der Waals surface area contributed by atoms with Gasteiger partial charge in [-0.15, -0.1) is 0 Å². The monoisotopic (exact) mass is 659 g/mol. The van der Waals surface area contributed by atoms with Crippen LogP contribution < -0.4 is 4.74 Å². The van der Waals surface area contributed by atoms with Gasteiger partial charge in [-0.25, -0.2) is 4.79 Å². The molecule has 0 amide bonds. The molecule has 0 heterocycles. The Hall–Kier alpha value is -3.33. The summed E-state index contributed by atoms with van der Waals surface area (Å²) in [4.78, 5) is 10.6. The Morgan fingerprint density at radius 2 is 1.43 bits per heavy atom. The molecular formula is C33H30BrClF3NO3. The second kappa shape index (κ2) is 14.2. The van der Waals surface area contributed by atoms with Crippen molar-refractivity contribution in [2.24, 2.45) is 0 Å². The predicted octanol–water partition coefficient (Wildman–Crippen LogP) is 8.79. The molecule has 0 spiro atoms. The van der Waals surface area contributed by atoms with Crippen LogP contribution in [0.4, 0.5) is 13.2 Å². The zero-order valence-corrected chi connectivity index (χ0v) is 25.2. The highest BCUT2D eigenvalue weighted by Gasteiger charge is 2.59. The van der Waals surface area contributed by atoms with E-state index in [-0.39, 0.29) is 43.2 Å². The molecule has 0 saturated heterocycles. The van der Waals surface area contributed by atoms with Crippen LogP contribution in [0.15, 0.2) is 114 Å². The maximum absolute atomic E-state index is 15.0. The summed E-state index contributed by atoms with van der Waals surface area (Å²) in [5.74, 6) is -0.523. The van der Waals surface area contributed by atoms with Gasteiger partial charge in [-0.05, 0) is 57.2 Å². The first kappa shape index (κ1) is 31.6. The van der Waals surface area contributed by atoms with Gasteiger partial charge in [0.2, 0.25) is 5.00 Å². The maximum atomic E-state index is 15.0. The number of esters is 1. The minimum Gasteiger partial charge on any atom is -0.494 e. The summed E-state index contributed by atoms with van der Waals surface area (Å²) in [5.41, 5.74) is 1.98. The number of methoxy groups -OCH3 is 1. The molecule has 0 bridgehead atoms. The second-order valence-corrected chi connectivity index (χ2v) is 11.0. The Morgan fingerprint density at radius 3 is 1.95 bits per heavy atom. The van der Waals surface area contributed by atoms with Crippen molar-refractivity contribution in [1.82, 2.24) is 4.90 Å². The molecule has 0 aliphatic rings. The molecule has 0 N–H and O–H groups in total. The summed E-state index contributed by atoms with van der Waals surface area (Å²) in [5, 5.41) is 0. The van der Waals surface area contributed by atoms with E-state index in [4.69, 9.17) is 21.1 Å². The summed E-state index contributed by atoms with van der Waals surface area (Å²) >= 11 is 10.0. The highest BCUT2D eigenvalue weighted by Crippen LogP contribution is 2.48. The predicted molar refractivity (Wildman–Crippen MR) is 162 cm³/mol. The van der Waals surface area contributed by atoms with Crippen LogP contribution in [0.3, 0.4) is 0 Å². The summed E-state index contributed by atoms with van der Waals surface area (Å²) in [6.45, 7) is 0.0743. The lowest BCUT2D eigenvalue weighted by Crippen LogP contribution is -2.54. The van der Waals surface area contributed by atoms with Gasteiger partial charge in [0.25, 0.3) is 0 Å². The van der Waals surface area contributed by atoms with E-state index >= 15 is 13.2 Å². The van der Waals surface area contributed by atoms with Crippen molar-refractivity contribution < 1.29 is 27.4 Å². The normalized spacial score (nSPS) is 13.1. The van der Waals surface area contributed by atoms with Crippen LogP contribution >= 0.6 is 27.5 Å². The lowest BCUT2D eigenvalue weighted by molar-refractivity contribution is -0.206. The van der Waals surface area contributed by atoms with E-state index in [1.165, 1.54) is 30.2 Å². The zero-order chi connectivity index (χ0) is 30.2. The fraction of sp³-hybridized carbons (Fsp3) is 0.242. The lowest BCUT2D eigenvalue weighted by atomic mass is 9.89. The summed E-state index contributed by atoms with van der Waals surface area (Å²) in [6.07, 6.45) is -4.56. The van der Waals surface area contributed by atoms with E-state index < -0.39 is 17.1 Å². The van der Waals surface area contributed by atoms with Gasteiger partial charge in [0.1, 0.15) is 5.75 Å². The van der Waals surface area contributed by atoms with Gasteiger partial charge in [0.15, 0.2) is 0 Å². The fourth-order valence-electron chi connectivity index (χ4n) is 4.86. The number of nitrogens with zero attached hydrogens (tertiary/aromatic N) is 1. The molecule has 0 saturated carbocycles. The Kier molecular flexibility index (Phi) is 10.7. The molecule has 0 radical (unpaired) electrons. The fourth-order valence-corrected chi connectivity index (χ4v) is 5.54. The zero-order valence-electron chi connectivity index (χ0n) is 22.9. The molecule has 1 unspecified atom stereocenters. The molecule has 0 fully saturated rings. The third-order valence-corrected chi connectivity index (χ3v) is 8.32. The number of hydrogen-bond donors (Lipinski definition) is 0. The van der Waals surface area contributed by atoms with Crippen molar-refractivity contribution in [2.75, 3.05) is 26.8 Å². The van der Waals surface area contributed by atoms with Gasteiger partial charge in [-0.3, -0.25) is 4.90 Å². The van der Waals surface area contributed by atoms with Crippen molar-refractivity contribution in [3.8, 4) is 5.75 Å². The number of hydrogen-bond acceptors (Lipinski definition) is 4. The van der Waals surface area contributed by atoms with Gasteiger partial charge >= 0.3 is 12.1 Å². The molecule has 42 heavy (non-hydrogen) atoms. The standard InChI is InChI=1S/C33H30BrClF3NO3/c1-41-31(40)28-22-27(18-19-30(28)34)42-21-11-20-39(32(35,33(36,37)38)26-16-9-4-10-17-26)23-29(24-12-5-2-6-13-24)25-14-7-3-8-15-25/h2-10,12-19,22,29H,11,20-21,23H2,1H3. The van der Waals surface area contributed by atoms with Crippen LogP contribution in [0.2, 0.25) is 0 Å². The summed E-state index contributed by atoms with van der Waals surface area (Å²) in [6, 6.07) is 31.3. The molecule has 4 rings (SSSR count). The number of rotatable bonds is 12. The van der Waals surface area contributed by atoms with Gasteiger partial charge < -0.3 is 9.47 Å². The molecule has 220 valence electrons. The number of halogens is 5. The van der Waals surface area contributed by atoms with Crippen molar-refractivity contribution in [1.29, 1.82) is 0 Å². The first-order valence-electron chi connectivity index (χ1n) is 13.3. The lowest BCUT2D eigenvalue weighted by Gasteiger charge is -2.42. The quantitative estimate of drug-likeness (QED) is 0.0659. The number of alkyl halides is 4. The topological polar surface area (TPSA) is 38.8 Å². The average molecular weight is 661 g/mol. The molecule has 0 aliphatic heterocycles. The number of carbonyl (C=O) groups is 1. The van der Waals surface area contributed by atoms with Crippen LogP contribution in [0, 0.1) is 0 Å². The third kappa shape index (κ3) is 7.35. The highest BCUT2D eigenvalue weighted by atomic mass is 79.9. The Labute approximate surface area is 257 Å². The van der Waals surface area contributed by atoms with Gasteiger partial charge in [0.05, 0.1) is 19.3 Å².